The van der Waals surface area contributed by atoms with Gasteiger partial charge in [0.25, 0.3) is 0 Å². The van der Waals surface area contributed by atoms with Gasteiger partial charge < -0.3 is 4.74 Å². The summed E-state index contributed by atoms with van der Waals surface area (Å²) in [6.07, 6.45) is 14.4. The molecule has 0 bridgehead atoms. The second-order valence-corrected chi connectivity index (χ2v) is 18.9. The number of methoxy groups -OCH3 is 1. The maximum atomic E-state index is 13.2. The van der Waals surface area contributed by atoms with Crippen molar-refractivity contribution in [2.75, 3.05) is 12.9 Å². The summed E-state index contributed by atoms with van der Waals surface area (Å²) in [4.78, 5) is 13.2. The molecular weight excluding hydrogens is 881 g/mol. The summed E-state index contributed by atoms with van der Waals surface area (Å²) in [5.41, 5.74) is 7.72. The molecule has 2 nitrogen and oxygen atoms in total. The number of unbranched alkanes of at least 4 members (excludes halogenated alkanes) is 9. The van der Waals surface area contributed by atoms with Crippen molar-refractivity contribution in [1.29, 1.82) is 0 Å². The van der Waals surface area contributed by atoms with Crippen molar-refractivity contribution in [2.24, 2.45) is 0 Å². The highest BCUT2D eigenvalue weighted by atomic mass is 32.1. The van der Waals surface area contributed by atoms with Gasteiger partial charge in [-0.2, -0.15) is 12.6 Å². The molecule has 0 radical (unpaired) electrons. The van der Waals surface area contributed by atoms with Crippen molar-refractivity contribution in [2.45, 2.75) is 70.6 Å². The zero-order chi connectivity index (χ0) is 48.4. The quantitative estimate of drug-likeness (QED) is 0.0410. The van der Waals surface area contributed by atoms with E-state index in [1.54, 1.807) is 0 Å². The van der Waals surface area contributed by atoms with E-state index in [0.717, 1.165) is 110 Å². The molecule has 0 N–H and O–H groups in total. The van der Waals surface area contributed by atoms with Gasteiger partial charge in [-0.3, -0.25) is 0 Å². The highest BCUT2D eigenvalue weighted by Gasteiger charge is 2.19. The van der Waals surface area contributed by atoms with Gasteiger partial charge >= 0.3 is 5.97 Å². The molecule has 3 heteroatoms. The molecule has 0 fully saturated rings. The highest BCUT2D eigenvalue weighted by Crippen LogP contribution is 2.37. The lowest BCUT2D eigenvalue weighted by Crippen LogP contribution is -2.04. The third-order valence-electron chi connectivity index (χ3n) is 14.0. The summed E-state index contributed by atoms with van der Waals surface area (Å²) in [7, 11) is 1.43. The first kappa shape index (κ1) is 47.0. The molecule has 0 heterocycles. The predicted molar refractivity (Wildman–Crippen MR) is 304 cm³/mol. The number of benzene rings is 10. The van der Waals surface area contributed by atoms with Gasteiger partial charge in [0.2, 0.25) is 0 Å². The third-order valence-corrected chi connectivity index (χ3v) is 14.3. The van der Waals surface area contributed by atoms with Crippen molar-refractivity contribution in [1.82, 2.24) is 0 Å². The minimum atomic E-state index is -0.365. The van der Waals surface area contributed by atoms with Crippen LogP contribution in [0.15, 0.2) is 170 Å². The molecule has 0 atom stereocenters. The second-order valence-electron chi connectivity index (χ2n) is 18.5. The number of rotatable bonds is 13. The Hall–Kier alpha value is -7.74. The molecule has 10 aromatic carbocycles. The van der Waals surface area contributed by atoms with Gasteiger partial charge in [0.05, 0.1) is 12.7 Å². The third kappa shape index (κ3) is 10.0. The van der Waals surface area contributed by atoms with Gasteiger partial charge in [0.15, 0.2) is 0 Å². The largest absolute Gasteiger partial charge is 0.465 e. The number of esters is 1. The first-order valence-electron chi connectivity index (χ1n) is 25.3. The van der Waals surface area contributed by atoms with Gasteiger partial charge in [-0.05, 0) is 107 Å². The van der Waals surface area contributed by atoms with E-state index < -0.39 is 0 Å². The first-order valence-corrected chi connectivity index (χ1v) is 25.9. The van der Waals surface area contributed by atoms with Gasteiger partial charge in [-0.1, -0.05) is 245 Å². The smallest absolute Gasteiger partial charge is 0.339 e. The molecule has 0 saturated carbocycles. The molecule has 71 heavy (non-hydrogen) atoms. The Balaban J connectivity index is 0.981. The molecule has 0 spiro atoms. The van der Waals surface area contributed by atoms with E-state index in [4.69, 9.17) is 4.74 Å². The van der Waals surface area contributed by atoms with E-state index in [-0.39, 0.29) is 5.97 Å². The van der Waals surface area contributed by atoms with Crippen LogP contribution in [-0.2, 0) is 11.2 Å². The van der Waals surface area contributed by atoms with Gasteiger partial charge in [-0.15, -0.1) is 0 Å². The van der Waals surface area contributed by atoms with E-state index in [1.807, 2.05) is 48.5 Å². The Morgan fingerprint density at radius 2 is 0.620 bits per heavy atom. The van der Waals surface area contributed by atoms with Crippen LogP contribution in [0.4, 0.5) is 0 Å². The summed E-state index contributed by atoms with van der Waals surface area (Å²) in [5.74, 6) is 22.6. The molecule has 0 amide bonds. The first-order chi connectivity index (χ1) is 35.1. The molecule has 10 rings (SSSR count). The van der Waals surface area contributed by atoms with Crippen LogP contribution in [0.2, 0.25) is 0 Å². The van der Waals surface area contributed by atoms with Crippen molar-refractivity contribution in [3.8, 4) is 35.5 Å². The van der Waals surface area contributed by atoms with Crippen molar-refractivity contribution in [3.63, 3.8) is 0 Å². The fourth-order valence-electron chi connectivity index (χ4n) is 10.4. The van der Waals surface area contributed by atoms with Crippen LogP contribution in [0.3, 0.4) is 0 Å². The minimum absolute atomic E-state index is 0.365. The molecular formula is C68H56O2S. The highest BCUT2D eigenvalue weighted by molar-refractivity contribution is 7.80. The molecule has 0 unspecified atom stereocenters. The Morgan fingerprint density at radius 3 is 0.930 bits per heavy atom. The number of carbonyl (C=O) groups is 1. The fourth-order valence-corrected chi connectivity index (χ4v) is 10.6. The summed E-state index contributed by atoms with van der Waals surface area (Å²) in [5, 5.41) is 11.9. The zero-order valence-corrected chi connectivity index (χ0v) is 41.3. The summed E-state index contributed by atoms with van der Waals surface area (Å²) >= 11 is 4.33. The van der Waals surface area contributed by atoms with Crippen LogP contribution < -0.4 is 0 Å². The monoisotopic (exact) mass is 936 g/mol. The van der Waals surface area contributed by atoms with Crippen LogP contribution in [0.5, 0.6) is 0 Å². The van der Waals surface area contributed by atoms with E-state index in [1.165, 1.54) is 76.9 Å². The average Bonchev–Trinajstić information content (AvgIpc) is 3.42. The lowest BCUT2D eigenvalue weighted by Gasteiger charge is -2.13. The number of thiol groups is 1. The second kappa shape index (κ2) is 22.3. The number of hydrogen-bond donors (Lipinski definition) is 1. The molecule has 346 valence electrons. The minimum Gasteiger partial charge on any atom is -0.465 e. The Kier molecular flexibility index (Phi) is 14.8. The van der Waals surface area contributed by atoms with E-state index in [0.29, 0.717) is 5.56 Å². The number of carbonyl (C=O) groups excluding carboxylic acids is 1. The van der Waals surface area contributed by atoms with Crippen molar-refractivity contribution < 1.29 is 9.53 Å². The van der Waals surface area contributed by atoms with Crippen molar-refractivity contribution in [3.05, 3.63) is 214 Å². The summed E-state index contributed by atoms with van der Waals surface area (Å²) in [6, 6.07) is 58.8. The average molecular weight is 937 g/mol. The van der Waals surface area contributed by atoms with E-state index in [9.17, 15) is 4.79 Å². The van der Waals surface area contributed by atoms with E-state index >= 15 is 0 Å². The molecule has 0 aromatic heterocycles. The molecule has 0 aliphatic heterocycles. The molecule has 0 aliphatic carbocycles. The standard InChI is InChI=1S/C68H56O2S/c1-70-68(69)67-65-35-21-19-33-58(65)64(59-34-20-22-36-66(59)67)46-45-63-56-31-17-15-29-54(56)62(55-30-16-18-32-57(55)63)44-43-61-52-27-13-11-25-50(52)60(51-26-12-14-28-53(51)61)42-41-49-39-37-48(38-40-49)24-10-8-6-4-2-3-5-7-9-23-47-71/h11-22,25-40,71H,2-10,23-24,47H2,1H3. The lowest BCUT2D eigenvalue weighted by molar-refractivity contribution is 0.0605. The maximum Gasteiger partial charge on any atom is 0.339 e. The van der Waals surface area contributed by atoms with E-state index in [2.05, 4.69) is 169 Å². The number of hydrogen-bond acceptors (Lipinski definition) is 3. The fraction of sp³-hybridized carbons (Fsp3) is 0.191. The topological polar surface area (TPSA) is 26.3 Å². The number of aryl methyl sites for hydroxylation is 1. The summed E-state index contributed by atoms with van der Waals surface area (Å²) < 4.78 is 5.29. The van der Waals surface area contributed by atoms with Gasteiger partial charge in [0, 0.05) is 33.4 Å². The van der Waals surface area contributed by atoms with Crippen LogP contribution >= 0.6 is 12.6 Å². The van der Waals surface area contributed by atoms with Crippen LogP contribution in [-0.4, -0.2) is 18.8 Å². The van der Waals surface area contributed by atoms with Crippen LogP contribution in [0.25, 0.3) is 64.6 Å². The lowest BCUT2D eigenvalue weighted by atomic mass is 9.89. The number of ether oxygens (including phenoxy) is 1. The van der Waals surface area contributed by atoms with Crippen LogP contribution in [0, 0.1) is 35.5 Å². The Morgan fingerprint density at radius 1 is 0.352 bits per heavy atom. The Bertz CT molecular complexity index is 3640. The van der Waals surface area contributed by atoms with Crippen LogP contribution in [0.1, 0.15) is 114 Å². The van der Waals surface area contributed by atoms with Crippen molar-refractivity contribution >= 4 is 83.2 Å². The van der Waals surface area contributed by atoms with Gasteiger partial charge in [-0.25, -0.2) is 4.79 Å². The maximum absolute atomic E-state index is 13.2. The molecule has 0 aliphatic rings. The molecule has 0 saturated heterocycles. The Labute approximate surface area is 423 Å². The predicted octanol–water partition coefficient (Wildman–Crippen LogP) is 17.0. The molecule has 10 aromatic rings. The van der Waals surface area contributed by atoms with Gasteiger partial charge in [0.1, 0.15) is 0 Å². The SMILES string of the molecule is COC(=O)c1c2ccccc2c(C#Cc2c3ccccc3c(C#Cc3c4ccccc4c(C#Cc4ccc(CCCCCCCCCCCCS)cc4)c4ccccc34)c3ccccc23)c2ccccc12. The summed E-state index contributed by atoms with van der Waals surface area (Å²) in [6.45, 7) is 0. The normalized spacial score (nSPS) is 11.1. The number of fused-ring (bicyclic) bond motifs is 6. The zero-order valence-electron chi connectivity index (χ0n) is 40.4.